The first kappa shape index (κ1) is 14.6. The Labute approximate surface area is 118 Å². The minimum atomic E-state index is -0.416. The first-order valence-electron chi connectivity index (χ1n) is 6.88. The van der Waals surface area contributed by atoms with Crippen molar-refractivity contribution in [2.45, 2.75) is 26.4 Å². The minimum Gasteiger partial charge on any atom is -0.462 e. The van der Waals surface area contributed by atoms with Crippen molar-refractivity contribution < 1.29 is 14.6 Å². The van der Waals surface area contributed by atoms with Crippen molar-refractivity contribution in [3.63, 3.8) is 0 Å². The van der Waals surface area contributed by atoms with Gasteiger partial charge >= 0.3 is 5.97 Å². The lowest BCUT2D eigenvalue weighted by Gasteiger charge is -2.35. The molecule has 6 heteroatoms. The van der Waals surface area contributed by atoms with Gasteiger partial charge < -0.3 is 20.5 Å². The summed E-state index contributed by atoms with van der Waals surface area (Å²) in [4.78, 5) is 18.3. The molecular weight excluding hydrogens is 258 g/mol. The van der Waals surface area contributed by atoms with Crippen LogP contribution in [0.15, 0.2) is 12.3 Å². The van der Waals surface area contributed by atoms with Crippen molar-refractivity contribution in [3.05, 3.63) is 17.8 Å². The Morgan fingerprint density at radius 1 is 1.65 bits per heavy atom. The molecule has 2 atom stereocenters. The number of anilines is 2. The molecule has 0 radical (unpaired) electrons. The molecule has 1 aliphatic heterocycles. The summed E-state index contributed by atoms with van der Waals surface area (Å²) in [5.74, 6) is 0.302. The van der Waals surface area contributed by atoms with Gasteiger partial charge in [-0.1, -0.05) is 6.92 Å². The summed E-state index contributed by atoms with van der Waals surface area (Å²) in [5, 5.41) is 9.79. The number of aliphatic hydroxyl groups is 1. The number of nitrogens with zero attached hydrogens (tertiary/aromatic N) is 2. The van der Waals surface area contributed by atoms with Crippen molar-refractivity contribution in [2.24, 2.45) is 5.92 Å². The van der Waals surface area contributed by atoms with Crippen LogP contribution in [0.4, 0.5) is 11.5 Å². The van der Waals surface area contributed by atoms with E-state index in [0.29, 0.717) is 43.2 Å². The van der Waals surface area contributed by atoms with Gasteiger partial charge in [-0.15, -0.1) is 0 Å². The van der Waals surface area contributed by atoms with Crippen LogP contribution in [-0.2, 0) is 4.74 Å². The molecule has 0 spiro atoms. The Kier molecular flexibility index (Phi) is 4.44. The normalized spacial score (nSPS) is 22.6. The highest BCUT2D eigenvalue weighted by Gasteiger charge is 2.28. The quantitative estimate of drug-likeness (QED) is 0.804. The fraction of sp³-hybridized carbons (Fsp3) is 0.571. The molecule has 1 saturated heterocycles. The molecular formula is C14H21N3O3. The van der Waals surface area contributed by atoms with Gasteiger partial charge in [0, 0.05) is 13.1 Å². The maximum Gasteiger partial charge on any atom is 0.341 e. The second-order valence-corrected chi connectivity index (χ2v) is 5.14. The predicted octanol–water partition coefficient (Wildman–Crippen LogP) is 1.05. The van der Waals surface area contributed by atoms with E-state index in [1.165, 1.54) is 6.20 Å². The van der Waals surface area contributed by atoms with Crippen molar-refractivity contribution in [1.29, 1.82) is 0 Å². The van der Waals surface area contributed by atoms with Crippen LogP contribution in [0.2, 0.25) is 0 Å². The standard InChI is InChI=1S/C14H21N3O3/c1-3-20-14(19)11-6-10(15)7-16-13(11)17-5-4-12(18)9(2)8-17/h6-7,9,12,18H,3-5,8,15H2,1-2H3. The molecule has 1 aromatic heterocycles. The van der Waals surface area contributed by atoms with E-state index in [9.17, 15) is 9.90 Å². The highest BCUT2D eigenvalue weighted by atomic mass is 16.5. The number of esters is 1. The number of carbonyl (C=O) groups is 1. The maximum absolute atomic E-state index is 12.0. The molecule has 1 fully saturated rings. The van der Waals surface area contributed by atoms with Gasteiger partial charge in [0.05, 0.1) is 24.6 Å². The number of pyridine rings is 1. The number of piperidine rings is 1. The van der Waals surface area contributed by atoms with Crippen LogP contribution in [0.3, 0.4) is 0 Å². The molecule has 110 valence electrons. The van der Waals surface area contributed by atoms with Gasteiger partial charge in [0.1, 0.15) is 11.4 Å². The van der Waals surface area contributed by atoms with E-state index in [4.69, 9.17) is 10.5 Å². The fourth-order valence-corrected chi connectivity index (χ4v) is 2.41. The average Bonchev–Trinajstić information content (AvgIpc) is 2.42. The summed E-state index contributed by atoms with van der Waals surface area (Å²) in [5.41, 5.74) is 6.53. The Balaban J connectivity index is 2.29. The molecule has 2 unspecified atom stereocenters. The number of nitrogen functional groups attached to an aromatic ring is 1. The van der Waals surface area contributed by atoms with Crippen LogP contribution < -0.4 is 10.6 Å². The monoisotopic (exact) mass is 279 g/mol. The van der Waals surface area contributed by atoms with Crippen molar-refractivity contribution in [3.8, 4) is 0 Å². The molecule has 3 N–H and O–H groups in total. The Hall–Kier alpha value is -1.82. The number of ether oxygens (including phenoxy) is 1. The van der Waals surface area contributed by atoms with Gasteiger partial charge in [-0.05, 0) is 25.3 Å². The molecule has 0 amide bonds. The number of aromatic nitrogens is 1. The summed E-state index contributed by atoms with van der Waals surface area (Å²) < 4.78 is 5.05. The van der Waals surface area contributed by atoms with E-state index in [1.807, 2.05) is 11.8 Å². The summed E-state index contributed by atoms with van der Waals surface area (Å²) in [6, 6.07) is 1.59. The molecule has 0 aliphatic carbocycles. The number of rotatable bonds is 3. The molecule has 0 aromatic carbocycles. The Bertz CT molecular complexity index is 493. The summed E-state index contributed by atoms with van der Waals surface area (Å²) in [6.45, 7) is 5.37. The zero-order valence-electron chi connectivity index (χ0n) is 11.9. The van der Waals surface area contributed by atoms with Gasteiger partial charge in [0.15, 0.2) is 0 Å². The van der Waals surface area contributed by atoms with Gasteiger partial charge in [0.25, 0.3) is 0 Å². The van der Waals surface area contributed by atoms with E-state index in [0.717, 1.165) is 0 Å². The van der Waals surface area contributed by atoms with Crippen LogP contribution in [0, 0.1) is 5.92 Å². The van der Waals surface area contributed by atoms with Crippen molar-refractivity contribution >= 4 is 17.5 Å². The molecule has 0 bridgehead atoms. The van der Waals surface area contributed by atoms with E-state index in [2.05, 4.69) is 4.98 Å². The average molecular weight is 279 g/mol. The van der Waals surface area contributed by atoms with Crippen LogP contribution in [-0.4, -0.2) is 41.9 Å². The summed E-state index contributed by atoms with van der Waals surface area (Å²) in [7, 11) is 0. The van der Waals surface area contributed by atoms with Gasteiger partial charge in [-0.25, -0.2) is 9.78 Å². The van der Waals surface area contributed by atoms with Crippen LogP contribution in [0.1, 0.15) is 30.6 Å². The Morgan fingerprint density at radius 2 is 2.40 bits per heavy atom. The molecule has 2 heterocycles. The number of hydrogen-bond donors (Lipinski definition) is 2. The highest BCUT2D eigenvalue weighted by Crippen LogP contribution is 2.26. The second kappa shape index (κ2) is 6.09. The Morgan fingerprint density at radius 3 is 3.05 bits per heavy atom. The number of hydrogen-bond acceptors (Lipinski definition) is 6. The minimum absolute atomic E-state index is 0.137. The van der Waals surface area contributed by atoms with Gasteiger partial charge in [-0.3, -0.25) is 0 Å². The fourth-order valence-electron chi connectivity index (χ4n) is 2.41. The lowest BCUT2D eigenvalue weighted by molar-refractivity contribution is 0.0526. The maximum atomic E-state index is 12.0. The zero-order valence-corrected chi connectivity index (χ0v) is 11.9. The SMILES string of the molecule is CCOC(=O)c1cc(N)cnc1N1CCC(O)C(C)C1. The van der Waals surface area contributed by atoms with E-state index in [1.54, 1.807) is 13.0 Å². The first-order chi connectivity index (χ1) is 9.52. The third-order valence-corrected chi connectivity index (χ3v) is 3.54. The topological polar surface area (TPSA) is 88.7 Å². The van der Waals surface area contributed by atoms with Gasteiger partial charge in [-0.2, -0.15) is 0 Å². The van der Waals surface area contributed by atoms with Crippen LogP contribution >= 0.6 is 0 Å². The molecule has 6 nitrogen and oxygen atoms in total. The molecule has 1 aromatic rings. The van der Waals surface area contributed by atoms with E-state index < -0.39 is 5.97 Å². The van der Waals surface area contributed by atoms with E-state index >= 15 is 0 Å². The number of nitrogens with two attached hydrogens (primary N) is 1. The predicted molar refractivity (Wildman–Crippen MR) is 76.6 cm³/mol. The van der Waals surface area contributed by atoms with Crippen molar-refractivity contribution in [1.82, 2.24) is 4.98 Å². The molecule has 1 aliphatic rings. The number of carbonyl (C=O) groups excluding carboxylic acids is 1. The molecule has 20 heavy (non-hydrogen) atoms. The zero-order chi connectivity index (χ0) is 14.7. The number of aliphatic hydroxyl groups excluding tert-OH is 1. The first-order valence-corrected chi connectivity index (χ1v) is 6.88. The van der Waals surface area contributed by atoms with Crippen LogP contribution in [0.25, 0.3) is 0 Å². The highest BCUT2D eigenvalue weighted by molar-refractivity contribution is 5.95. The smallest absolute Gasteiger partial charge is 0.341 e. The van der Waals surface area contributed by atoms with Gasteiger partial charge in [0.2, 0.25) is 0 Å². The lowest BCUT2D eigenvalue weighted by atomic mass is 9.96. The second-order valence-electron chi connectivity index (χ2n) is 5.14. The van der Waals surface area contributed by atoms with Crippen LogP contribution in [0.5, 0.6) is 0 Å². The molecule has 0 saturated carbocycles. The van der Waals surface area contributed by atoms with Crippen molar-refractivity contribution in [2.75, 3.05) is 30.3 Å². The lowest BCUT2D eigenvalue weighted by Crippen LogP contribution is -2.43. The summed E-state index contributed by atoms with van der Waals surface area (Å²) >= 11 is 0. The van der Waals surface area contributed by atoms with E-state index in [-0.39, 0.29) is 12.0 Å². The third-order valence-electron chi connectivity index (χ3n) is 3.54. The summed E-state index contributed by atoms with van der Waals surface area (Å²) in [6.07, 6.45) is 1.90. The molecule has 2 rings (SSSR count). The third kappa shape index (κ3) is 3.01. The largest absolute Gasteiger partial charge is 0.462 e.